The predicted octanol–water partition coefficient (Wildman–Crippen LogP) is 3.13. The van der Waals surface area contributed by atoms with Crippen molar-refractivity contribution < 1.29 is 13.2 Å². The number of ether oxygens (including phenoxy) is 1. The van der Waals surface area contributed by atoms with Crippen molar-refractivity contribution in [2.45, 2.75) is 29.0 Å². The molecule has 128 valence electrons. The topological polar surface area (TPSA) is 105 Å². The lowest BCUT2D eigenvalue weighted by atomic mass is 10.3. The molecule has 2 aromatic rings. The van der Waals surface area contributed by atoms with Crippen molar-refractivity contribution in [3.8, 4) is 11.8 Å². The predicted molar refractivity (Wildman–Crippen MR) is 93.9 cm³/mol. The Morgan fingerprint density at radius 1 is 1.33 bits per heavy atom. The maximum absolute atomic E-state index is 12.3. The number of benzene rings is 1. The van der Waals surface area contributed by atoms with Crippen LogP contribution in [0.2, 0.25) is 0 Å². The minimum atomic E-state index is -3.73. The highest BCUT2D eigenvalue weighted by Gasteiger charge is 2.17. The average molecular weight is 385 g/mol. The molecule has 0 saturated heterocycles. The average Bonchev–Trinajstić information content (AvgIpc) is 3.00. The fourth-order valence-corrected chi connectivity index (χ4v) is 4.27. The third kappa shape index (κ3) is 5.36. The van der Waals surface area contributed by atoms with Crippen LogP contribution in [-0.4, -0.2) is 31.0 Å². The lowest BCUT2D eigenvalue weighted by molar-refractivity contribution is 0.309. The Morgan fingerprint density at radius 2 is 2.08 bits per heavy atom. The van der Waals surface area contributed by atoms with Gasteiger partial charge in [-0.2, -0.15) is 5.26 Å². The number of thioether (sulfide) groups is 1. The van der Waals surface area contributed by atoms with Crippen molar-refractivity contribution in [3.63, 3.8) is 0 Å². The van der Waals surface area contributed by atoms with Crippen molar-refractivity contribution in [2.75, 3.05) is 17.1 Å². The lowest BCUT2D eigenvalue weighted by Crippen LogP contribution is -2.12. The molecule has 0 radical (unpaired) electrons. The van der Waals surface area contributed by atoms with E-state index in [1.165, 1.54) is 23.9 Å². The van der Waals surface area contributed by atoms with Crippen molar-refractivity contribution in [2.24, 2.45) is 0 Å². The highest BCUT2D eigenvalue weighted by Crippen LogP contribution is 2.27. The summed E-state index contributed by atoms with van der Waals surface area (Å²) in [4.78, 5) is 0.117. The van der Waals surface area contributed by atoms with Crippen LogP contribution in [0.25, 0.3) is 0 Å². The standard InChI is InChI=1S/C14H16N4O3S3/c1-2-3-9-21-11-4-6-12(7-5-11)24(19,20)18-13-16-17-14(23-13)22-10-8-15/h4-7H,2-3,9-10H2,1H3,(H,16,18). The smallest absolute Gasteiger partial charge is 0.263 e. The Labute approximate surface area is 149 Å². The molecule has 1 aromatic heterocycles. The summed E-state index contributed by atoms with van der Waals surface area (Å²) in [6.07, 6.45) is 1.98. The number of nitriles is 1. The van der Waals surface area contributed by atoms with Crippen LogP contribution in [0.3, 0.4) is 0 Å². The number of nitrogens with one attached hydrogen (secondary N) is 1. The monoisotopic (exact) mass is 384 g/mol. The third-order valence-corrected chi connectivity index (χ3v) is 6.11. The van der Waals surface area contributed by atoms with E-state index < -0.39 is 10.0 Å². The van der Waals surface area contributed by atoms with Gasteiger partial charge in [0.2, 0.25) is 5.13 Å². The SMILES string of the molecule is CCCCOc1ccc(S(=O)(=O)Nc2nnc(SCC#N)s2)cc1. The second-order valence-corrected chi connectivity index (χ2v) is 8.48. The molecule has 2 rings (SSSR count). The van der Waals surface area contributed by atoms with Crippen molar-refractivity contribution in [1.82, 2.24) is 10.2 Å². The molecule has 0 aliphatic rings. The molecule has 0 saturated carbocycles. The van der Waals surface area contributed by atoms with E-state index in [9.17, 15) is 8.42 Å². The summed E-state index contributed by atoms with van der Waals surface area (Å²) in [6, 6.07) is 8.19. The number of rotatable bonds is 9. The molecule has 7 nitrogen and oxygen atoms in total. The summed E-state index contributed by atoms with van der Waals surface area (Å²) < 4.78 is 33.1. The fraction of sp³-hybridized carbons (Fsp3) is 0.357. The van der Waals surface area contributed by atoms with Gasteiger partial charge >= 0.3 is 0 Å². The highest BCUT2D eigenvalue weighted by atomic mass is 32.2. The molecule has 1 heterocycles. The number of sulfonamides is 1. The molecular weight excluding hydrogens is 368 g/mol. The molecule has 0 fully saturated rings. The largest absolute Gasteiger partial charge is 0.494 e. The first-order valence-electron chi connectivity index (χ1n) is 7.14. The molecular formula is C14H16N4O3S3. The molecule has 1 aromatic carbocycles. The van der Waals surface area contributed by atoms with Crippen LogP contribution in [0, 0.1) is 11.3 Å². The van der Waals surface area contributed by atoms with E-state index in [4.69, 9.17) is 10.00 Å². The van der Waals surface area contributed by atoms with Gasteiger partial charge in [0.15, 0.2) is 4.34 Å². The summed E-state index contributed by atoms with van der Waals surface area (Å²) in [5.74, 6) is 0.870. The molecule has 1 N–H and O–H groups in total. The Hall–Kier alpha value is -1.83. The van der Waals surface area contributed by atoms with Gasteiger partial charge < -0.3 is 4.74 Å². The summed E-state index contributed by atoms with van der Waals surface area (Å²) >= 11 is 2.29. The van der Waals surface area contributed by atoms with E-state index in [0.717, 1.165) is 24.2 Å². The van der Waals surface area contributed by atoms with Crippen molar-refractivity contribution >= 4 is 38.3 Å². The number of aromatic nitrogens is 2. The van der Waals surface area contributed by atoms with Crippen LogP contribution in [0.15, 0.2) is 33.5 Å². The third-order valence-electron chi connectivity index (χ3n) is 2.79. The van der Waals surface area contributed by atoms with E-state index in [2.05, 4.69) is 21.8 Å². The van der Waals surface area contributed by atoms with Crippen molar-refractivity contribution in [1.29, 1.82) is 5.26 Å². The minimum absolute atomic E-state index is 0.117. The van der Waals surface area contributed by atoms with E-state index in [0.29, 0.717) is 16.7 Å². The van der Waals surface area contributed by atoms with Crippen LogP contribution in [0.1, 0.15) is 19.8 Å². The Bertz CT molecular complexity index is 797. The molecule has 0 spiro atoms. The molecule has 0 bridgehead atoms. The van der Waals surface area contributed by atoms with Gasteiger partial charge in [-0.05, 0) is 30.7 Å². The first kappa shape index (κ1) is 18.5. The maximum Gasteiger partial charge on any atom is 0.263 e. The summed E-state index contributed by atoms with van der Waals surface area (Å²) in [6.45, 7) is 2.68. The van der Waals surface area contributed by atoms with Crippen LogP contribution < -0.4 is 9.46 Å². The number of nitrogens with zero attached hydrogens (tertiary/aromatic N) is 3. The molecule has 10 heteroatoms. The number of hydrogen-bond acceptors (Lipinski definition) is 8. The molecule has 0 amide bonds. The molecule has 0 aliphatic carbocycles. The summed E-state index contributed by atoms with van der Waals surface area (Å²) in [5, 5.41) is 16.3. The first-order valence-corrected chi connectivity index (χ1v) is 10.4. The van der Waals surface area contributed by atoms with Crippen molar-refractivity contribution in [3.05, 3.63) is 24.3 Å². The van der Waals surface area contributed by atoms with Gasteiger partial charge in [0.25, 0.3) is 10.0 Å². The van der Waals surface area contributed by atoms with Crippen LogP contribution in [-0.2, 0) is 10.0 Å². The van der Waals surface area contributed by atoms with Crippen LogP contribution in [0.5, 0.6) is 5.75 Å². The Balaban J connectivity index is 2.01. The Morgan fingerprint density at radius 3 is 2.75 bits per heavy atom. The van der Waals surface area contributed by atoms with Gasteiger partial charge in [0, 0.05) is 0 Å². The van der Waals surface area contributed by atoms with Crippen LogP contribution >= 0.6 is 23.1 Å². The lowest BCUT2D eigenvalue weighted by Gasteiger charge is -2.07. The van der Waals surface area contributed by atoms with Gasteiger partial charge in [-0.25, -0.2) is 8.42 Å². The van der Waals surface area contributed by atoms with Gasteiger partial charge in [-0.15, -0.1) is 10.2 Å². The van der Waals surface area contributed by atoms with E-state index in [-0.39, 0.29) is 15.8 Å². The van der Waals surface area contributed by atoms with Gasteiger partial charge in [0.1, 0.15) is 5.75 Å². The van der Waals surface area contributed by atoms with Crippen LogP contribution in [0.4, 0.5) is 5.13 Å². The van der Waals surface area contributed by atoms with E-state index >= 15 is 0 Å². The van der Waals surface area contributed by atoms with E-state index in [1.54, 1.807) is 12.1 Å². The first-order chi connectivity index (χ1) is 11.5. The zero-order chi connectivity index (χ0) is 17.4. The molecule has 0 unspecified atom stereocenters. The molecule has 0 atom stereocenters. The number of hydrogen-bond donors (Lipinski definition) is 1. The van der Waals surface area contributed by atoms with Gasteiger partial charge in [-0.1, -0.05) is 36.4 Å². The Kier molecular flexibility index (Phi) is 6.84. The molecule has 0 aliphatic heterocycles. The maximum atomic E-state index is 12.3. The number of unbranched alkanes of at least 4 members (excludes halogenated alkanes) is 1. The zero-order valence-electron chi connectivity index (χ0n) is 12.9. The minimum Gasteiger partial charge on any atom is -0.494 e. The fourth-order valence-electron chi connectivity index (χ4n) is 1.63. The summed E-state index contributed by atoms with van der Waals surface area (Å²) in [7, 11) is -3.73. The summed E-state index contributed by atoms with van der Waals surface area (Å²) in [5.41, 5.74) is 0. The zero-order valence-corrected chi connectivity index (χ0v) is 15.4. The van der Waals surface area contributed by atoms with Gasteiger partial charge in [-0.3, -0.25) is 4.72 Å². The second-order valence-electron chi connectivity index (χ2n) is 4.60. The number of anilines is 1. The quantitative estimate of drug-likeness (QED) is 0.523. The normalized spacial score (nSPS) is 11.0. The van der Waals surface area contributed by atoms with Gasteiger partial charge in [0.05, 0.1) is 23.3 Å². The molecule has 24 heavy (non-hydrogen) atoms. The van der Waals surface area contributed by atoms with E-state index in [1.807, 2.05) is 6.07 Å². The highest BCUT2D eigenvalue weighted by molar-refractivity contribution is 8.01. The second kappa shape index (κ2) is 8.86.